The molecule has 0 rings (SSSR count). The van der Waals surface area contributed by atoms with Gasteiger partial charge in [-0.1, -0.05) is 32.4 Å². The van der Waals surface area contributed by atoms with Crippen LogP contribution in [0, 0.1) is 10.8 Å². The first-order valence-electron chi connectivity index (χ1n) is 4.24. The van der Waals surface area contributed by atoms with Gasteiger partial charge in [0.2, 0.25) is 0 Å². The first-order chi connectivity index (χ1) is 5.39. The summed E-state index contributed by atoms with van der Waals surface area (Å²) < 4.78 is 0. The summed E-state index contributed by atoms with van der Waals surface area (Å²) in [6, 6.07) is 0. The first kappa shape index (κ1) is 11.2. The lowest BCUT2D eigenvalue weighted by Gasteiger charge is -2.22. The molecule has 0 aromatic carbocycles. The first-order valence-corrected chi connectivity index (χ1v) is 4.24. The minimum atomic E-state index is 0.179. The Kier molecular flexibility index (Phi) is 3.94. The lowest BCUT2D eigenvalue weighted by Crippen LogP contribution is -2.08. The van der Waals surface area contributed by atoms with Crippen LogP contribution in [0.4, 0.5) is 0 Å². The fourth-order valence-electron chi connectivity index (χ4n) is 1.31. The van der Waals surface area contributed by atoms with E-state index in [9.17, 15) is 0 Å². The normalized spacial score (nSPS) is 11.8. The predicted octanol–water partition coefficient (Wildman–Crippen LogP) is 3.57. The fraction of sp³-hybridized carbons (Fsp3) is 0.545. The van der Waals surface area contributed by atoms with Crippen molar-refractivity contribution in [1.29, 1.82) is 5.41 Å². The lowest BCUT2D eigenvalue weighted by atomic mass is 9.83. The van der Waals surface area contributed by atoms with Gasteiger partial charge in [-0.2, -0.15) is 0 Å². The van der Waals surface area contributed by atoms with Crippen LogP contribution in [-0.2, 0) is 0 Å². The summed E-state index contributed by atoms with van der Waals surface area (Å²) in [5.74, 6) is 0. The van der Waals surface area contributed by atoms with Gasteiger partial charge < -0.3 is 5.41 Å². The van der Waals surface area contributed by atoms with Crippen LogP contribution in [0.25, 0.3) is 0 Å². The molecule has 0 fully saturated rings. The highest BCUT2D eigenvalue weighted by atomic mass is 14.3. The van der Waals surface area contributed by atoms with E-state index >= 15 is 0 Å². The van der Waals surface area contributed by atoms with Gasteiger partial charge in [0.1, 0.15) is 0 Å². The van der Waals surface area contributed by atoms with E-state index in [1.54, 1.807) is 6.08 Å². The van der Waals surface area contributed by atoms with Crippen LogP contribution in [0.1, 0.15) is 34.6 Å². The van der Waals surface area contributed by atoms with Crippen molar-refractivity contribution >= 4 is 6.21 Å². The largest absolute Gasteiger partial charge is 0.309 e. The zero-order chi connectivity index (χ0) is 9.78. The molecule has 0 saturated heterocycles. The molecule has 1 N–H and O–H groups in total. The minimum absolute atomic E-state index is 0.179. The molecule has 0 unspecified atom stereocenters. The summed E-state index contributed by atoms with van der Waals surface area (Å²) >= 11 is 0. The Labute approximate surface area is 75.7 Å². The highest BCUT2D eigenvalue weighted by Crippen LogP contribution is 2.28. The van der Waals surface area contributed by atoms with Crippen LogP contribution in [0.3, 0.4) is 0 Å². The van der Waals surface area contributed by atoms with Crippen LogP contribution in [-0.4, -0.2) is 6.21 Å². The monoisotopic (exact) mass is 165 g/mol. The molecule has 0 aliphatic rings. The molecule has 0 aliphatic carbocycles. The molecule has 0 saturated carbocycles. The van der Waals surface area contributed by atoms with E-state index in [1.807, 2.05) is 6.08 Å². The summed E-state index contributed by atoms with van der Waals surface area (Å²) in [6.07, 6.45) is 5.10. The van der Waals surface area contributed by atoms with Gasteiger partial charge >= 0.3 is 0 Å². The van der Waals surface area contributed by atoms with E-state index in [0.29, 0.717) is 0 Å². The van der Waals surface area contributed by atoms with E-state index in [2.05, 4.69) is 34.6 Å². The molecule has 0 aromatic rings. The van der Waals surface area contributed by atoms with E-state index in [4.69, 9.17) is 5.41 Å². The molecule has 0 bridgehead atoms. The summed E-state index contributed by atoms with van der Waals surface area (Å²) in [5, 5.41) is 6.91. The molecule has 0 aromatic heterocycles. The van der Waals surface area contributed by atoms with Gasteiger partial charge in [-0.25, -0.2) is 0 Å². The molecule has 0 radical (unpaired) electrons. The average Bonchev–Trinajstić information content (AvgIpc) is 1.84. The van der Waals surface area contributed by atoms with E-state index in [0.717, 1.165) is 0 Å². The second kappa shape index (κ2) is 4.24. The van der Waals surface area contributed by atoms with Gasteiger partial charge in [0, 0.05) is 6.21 Å². The van der Waals surface area contributed by atoms with Crippen molar-refractivity contribution in [2.24, 2.45) is 5.41 Å². The van der Waals surface area contributed by atoms with Crippen molar-refractivity contribution in [2.75, 3.05) is 0 Å². The van der Waals surface area contributed by atoms with Gasteiger partial charge in [0.05, 0.1) is 0 Å². The maximum Gasteiger partial charge on any atom is 0.0177 e. The smallest absolute Gasteiger partial charge is 0.0177 e. The van der Waals surface area contributed by atoms with Crippen molar-refractivity contribution in [1.82, 2.24) is 0 Å². The van der Waals surface area contributed by atoms with Crippen LogP contribution in [0.2, 0.25) is 0 Å². The Morgan fingerprint density at radius 2 is 1.67 bits per heavy atom. The van der Waals surface area contributed by atoms with Crippen LogP contribution >= 0.6 is 0 Å². The van der Waals surface area contributed by atoms with E-state index in [-0.39, 0.29) is 5.41 Å². The highest BCUT2D eigenvalue weighted by Gasteiger charge is 2.14. The zero-order valence-electron chi connectivity index (χ0n) is 8.73. The second-order valence-corrected chi connectivity index (χ2v) is 4.19. The molecule has 12 heavy (non-hydrogen) atoms. The Bertz CT molecular complexity index is 210. The van der Waals surface area contributed by atoms with Gasteiger partial charge in [-0.15, -0.1) is 0 Å². The third-order valence-corrected chi connectivity index (χ3v) is 1.71. The topological polar surface area (TPSA) is 23.9 Å². The lowest BCUT2D eigenvalue weighted by molar-refractivity contribution is 0.512. The molecular formula is C11H19N. The van der Waals surface area contributed by atoms with Gasteiger partial charge in [-0.05, 0) is 30.9 Å². The minimum Gasteiger partial charge on any atom is -0.309 e. The quantitative estimate of drug-likeness (QED) is 0.478. The molecule has 0 atom stereocenters. The number of rotatable bonds is 2. The molecule has 68 valence electrons. The third-order valence-electron chi connectivity index (χ3n) is 1.71. The molecule has 0 spiro atoms. The maximum absolute atomic E-state index is 6.91. The molecule has 1 nitrogen and oxygen atoms in total. The van der Waals surface area contributed by atoms with E-state index in [1.165, 1.54) is 17.4 Å². The van der Waals surface area contributed by atoms with Crippen LogP contribution in [0.5, 0.6) is 0 Å². The highest BCUT2D eigenvalue weighted by molar-refractivity contribution is 5.68. The summed E-state index contributed by atoms with van der Waals surface area (Å²) in [4.78, 5) is 0. The zero-order valence-corrected chi connectivity index (χ0v) is 8.73. The second-order valence-electron chi connectivity index (χ2n) is 4.19. The Morgan fingerprint density at radius 1 is 1.17 bits per heavy atom. The number of hydrogen-bond donors (Lipinski definition) is 1. The van der Waals surface area contributed by atoms with Crippen molar-refractivity contribution < 1.29 is 0 Å². The van der Waals surface area contributed by atoms with Crippen molar-refractivity contribution in [3.05, 3.63) is 23.3 Å². The van der Waals surface area contributed by atoms with Gasteiger partial charge in [0.25, 0.3) is 0 Å². The Hall–Kier alpha value is -0.850. The Morgan fingerprint density at radius 3 is 1.92 bits per heavy atom. The number of allylic oxidation sites excluding steroid dienone is 4. The SMILES string of the molecule is CC(C)=C(/C=C\C=N)C(C)(C)C. The summed E-state index contributed by atoms with van der Waals surface area (Å²) in [5.41, 5.74) is 2.81. The van der Waals surface area contributed by atoms with Crippen molar-refractivity contribution in [3.8, 4) is 0 Å². The van der Waals surface area contributed by atoms with Crippen LogP contribution < -0.4 is 0 Å². The van der Waals surface area contributed by atoms with Crippen LogP contribution in [0.15, 0.2) is 23.3 Å². The van der Waals surface area contributed by atoms with E-state index < -0.39 is 0 Å². The molecule has 0 aliphatic heterocycles. The summed E-state index contributed by atoms with van der Waals surface area (Å²) in [6.45, 7) is 10.8. The average molecular weight is 165 g/mol. The maximum atomic E-state index is 6.91. The molecule has 1 heteroatoms. The van der Waals surface area contributed by atoms with Gasteiger partial charge in [0.15, 0.2) is 0 Å². The number of nitrogens with one attached hydrogen (secondary N) is 1. The van der Waals surface area contributed by atoms with Gasteiger partial charge in [-0.3, -0.25) is 0 Å². The molecular weight excluding hydrogens is 146 g/mol. The van der Waals surface area contributed by atoms with Crippen molar-refractivity contribution in [3.63, 3.8) is 0 Å². The standard InChI is InChI=1S/C11H19N/c1-9(2)10(7-6-8-12)11(3,4)5/h6-8,12H,1-5H3/b7-6-,12-8?. The fourth-order valence-corrected chi connectivity index (χ4v) is 1.31. The Balaban J connectivity index is 4.84. The number of hydrogen-bond acceptors (Lipinski definition) is 1. The molecule has 0 amide bonds. The predicted molar refractivity (Wildman–Crippen MR) is 55.8 cm³/mol. The van der Waals surface area contributed by atoms with Crippen molar-refractivity contribution in [2.45, 2.75) is 34.6 Å². The molecule has 0 heterocycles. The third kappa shape index (κ3) is 3.51. The summed E-state index contributed by atoms with van der Waals surface area (Å²) in [7, 11) is 0.